The molecule has 3 unspecified atom stereocenters. The van der Waals surface area contributed by atoms with Crippen LogP contribution in [0.25, 0.3) is 0 Å². The zero-order chi connectivity index (χ0) is 15.6. The third kappa shape index (κ3) is 3.41. The molecule has 1 aliphatic carbocycles. The Morgan fingerprint density at radius 3 is 2.57 bits per heavy atom. The van der Waals surface area contributed by atoms with Gasteiger partial charge in [-0.1, -0.05) is 38.8 Å². The summed E-state index contributed by atoms with van der Waals surface area (Å²) in [6.07, 6.45) is 2.83. The van der Waals surface area contributed by atoms with Gasteiger partial charge in [-0.05, 0) is 24.3 Å². The van der Waals surface area contributed by atoms with Crippen LogP contribution < -0.4 is 4.72 Å². The Kier molecular flexibility index (Phi) is 4.63. The van der Waals surface area contributed by atoms with Crippen molar-refractivity contribution in [1.29, 1.82) is 0 Å². The fraction of sp³-hybridized carbons (Fsp3) is 0.571. The van der Waals surface area contributed by atoms with Crippen molar-refractivity contribution in [1.82, 2.24) is 4.72 Å². The van der Waals surface area contributed by atoms with Crippen molar-refractivity contribution in [3.63, 3.8) is 0 Å². The first-order valence-corrected chi connectivity index (χ1v) is 8.57. The molecule has 1 aromatic carbocycles. The van der Waals surface area contributed by atoms with Crippen molar-refractivity contribution in [2.24, 2.45) is 11.8 Å². The van der Waals surface area contributed by atoms with Crippen LogP contribution in [0, 0.1) is 22.0 Å². The van der Waals surface area contributed by atoms with E-state index in [1.54, 1.807) is 0 Å². The Morgan fingerprint density at radius 2 is 1.90 bits per heavy atom. The molecule has 0 bridgehead atoms. The summed E-state index contributed by atoms with van der Waals surface area (Å²) in [6.45, 7) is 4.13. The number of nitrogens with one attached hydrogen (secondary N) is 1. The molecule has 2 rings (SSSR count). The van der Waals surface area contributed by atoms with Crippen molar-refractivity contribution in [2.75, 3.05) is 0 Å². The maximum Gasteiger partial charge on any atom is 0.289 e. The number of nitrogens with zero attached hydrogens (tertiary/aromatic N) is 1. The maximum atomic E-state index is 12.5. The highest BCUT2D eigenvalue weighted by atomic mass is 32.2. The molecule has 0 amide bonds. The SMILES string of the molecule is CC1CCCC(NS(=O)(=O)c2ccccc2[N+](=O)[O-])C1C. The molecule has 21 heavy (non-hydrogen) atoms. The van der Waals surface area contributed by atoms with Crippen molar-refractivity contribution in [2.45, 2.75) is 44.0 Å². The second-order valence-electron chi connectivity index (χ2n) is 5.72. The minimum absolute atomic E-state index is 0.168. The predicted molar refractivity (Wildman–Crippen MR) is 79.4 cm³/mol. The molecule has 1 aromatic rings. The molecule has 1 aliphatic rings. The first-order chi connectivity index (χ1) is 9.83. The van der Waals surface area contributed by atoms with Gasteiger partial charge in [-0.15, -0.1) is 0 Å². The molecule has 0 aliphatic heterocycles. The van der Waals surface area contributed by atoms with Crippen LogP contribution in [0.4, 0.5) is 5.69 Å². The Labute approximate surface area is 124 Å². The van der Waals surface area contributed by atoms with E-state index in [0.29, 0.717) is 5.92 Å². The standard InChI is InChI=1S/C14H20N2O4S/c1-10-6-5-7-12(11(10)2)15-21(19,20)14-9-4-3-8-13(14)16(17)18/h3-4,8-12,15H,5-7H2,1-2H3. The molecule has 6 nitrogen and oxygen atoms in total. The summed E-state index contributed by atoms with van der Waals surface area (Å²) in [6, 6.07) is 5.27. The van der Waals surface area contributed by atoms with Gasteiger partial charge in [0.25, 0.3) is 5.69 Å². The molecule has 116 valence electrons. The van der Waals surface area contributed by atoms with Gasteiger partial charge in [0.1, 0.15) is 0 Å². The highest BCUT2D eigenvalue weighted by Gasteiger charge is 2.33. The van der Waals surface area contributed by atoms with Gasteiger partial charge in [-0.3, -0.25) is 10.1 Å². The van der Waals surface area contributed by atoms with Gasteiger partial charge in [0.2, 0.25) is 10.0 Å². The Morgan fingerprint density at radius 1 is 1.24 bits per heavy atom. The van der Waals surface area contributed by atoms with Gasteiger partial charge in [0.05, 0.1) is 4.92 Å². The highest BCUT2D eigenvalue weighted by molar-refractivity contribution is 7.89. The van der Waals surface area contributed by atoms with E-state index < -0.39 is 14.9 Å². The number of nitro groups is 1. The van der Waals surface area contributed by atoms with Crippen molar-refractivity contribution in [3.8, 4) is 0 Å². The zero-order valence-corrected chi connectivity index (χ0v) is 13.0. The molecule has 0 aromatic heterocycles. The lowest BCUT2D eigenvalue weighted by Gasteiger charge is -2.34. The molecule has 0 spiro atoms. The summed E-state index contributed by atoms with van der Waals surface area (Å²) >= 11 is 0. The highest BCUT2D eigenvalue weighted by Crippen LogP contribution is 2.31. The summed E-state index contributed by atoms with van der Waals surface area (Å²) in [4.78, 5) is 10.1. The molecule has 7 heteroatoms. The van der Waals surface area contributed by atoms with E-state index in [-0.39, 0.29) is 22.5 Å². The minimum Gasteiger partial charge on any atom is -0.258 e. The largest absolute Gasteiger partial charge is 0.289 e. The molecule has 0 heterocycles. The number of hydrogen-bond donors (Lipinski definition) is 1. The van der Waals surface area contributed by atoms with Gasteiger partial charge in [-0.25, -0.2) is 13.1 Å². The Bertz CT molecular complexity index is 630. The van der Waals surface area contributed by atoms with Crippen LogP contribution in [-0.2, 0) is 10.0 Å². The van der Waals surface area contributed by atoms with Gasteiger partial charge in [-0.2, -0.15) is 0 Å². The van der Waals surface area contributed by atoms with E-state index >= 15 is 0 Å². The van der Waals surface area contributed by atoms with Crippen LogP contribution in [0.1, 0.15) is 33.1 Å². The fourth-order valence-corrected chi connectivity index (χ4v) is 4.38. The van der Waals surface area contributed by atoms with E-state index in [9.17, 15) is 18.5 Å². The van der Waals surface area contributed by atoms with Crippen LogP contribution in [0.5, 0.6) is 0 Å². The number of hydrogen-bond acceptors (Lipinski definition) is 4. The maximum absolute atomic E-state index is 12.5. The lowest BCUT2D eigenvalue weighted by Crippen LogP contribution is -2.43. The first-order valence-electron chi connectivity index (χ1n) is 7.08. The number of benzene rings is 1. The molecule has 0 saturated heterocycles. The van der Waals surface area contributed by atoms with Crippen LogP contribution >= 0.6 is 0 Å². The summed E-state index contributed by atoms with van der Waals surface area (Å²) < 4.78 is 27.6. The summed E-state index contributed by atoms with van der Waals surface area (Å²) in [5.74, 6) is 0.661. The van der Waals surface area contributed by atoms with Gasteiger partial charge < -0.3 is 0 Å². The quantitative estimate of drug-likeness (QED) is 0.683. The fourth-order valence-electron chi connectivity index (χ4n) is 2.85. The van der Waals surface area contributed by atoms with E-state index in [1.165, 1.54) is 24.3 Å². The van der Waals surface area contributed by atoms with Gasteiger partial charge in [0.15, 0.2) is 4.90 Å². The number of para-hydroxylation sites is 1. The minimum atomic E-state index is -3.88. The third-order valence-electron chi connectivity index (χ3n) is 4.36. The normalized spacial score (nSPS) is 26.5. The lowest BCUT2D eigenvalue weighted by atomic mass is 9.78. The average molecular weight is 312 g/mol. The lowest BCUT2D eigenvalue weighted by molar-refractivity contribution is -0.387. The van der Waals surface area contributed by atoms with Crippen LogP contribution in [-0.4, -0.2) is 19.4 Å². The third-order valence-corrected chi connectivity index (χ3v) is 5.90. The predicted octanol–water partition coefficient (Wildman–Crippen LogP) is 2.70. The second kappa shape index (κ2) is 6.11. The van der Waals surface area contributed by atoms with E-state index in [0.717, 1.165) is 19.3 Å². The monoisotopic (exact) mass is 312 g/mol. The molecule has 1 N–H and O–H groups in total. The van der Waals surface area contributed by atoms with Gasteiger partial charge >= 0.3 is 0 Å². The first kappa shape index (κ1) is 15.9. The molecular formula is C14H20N2O4S. The smallest absolute Gasteiger partial charge is 0.258 e. The van der Waals surface area contributed by atoms with Crippen LogP contribution in [0.3, 0.4) is 0 Å². The Balaban J connectivity index is 2.29. The number of nitro benzene ring substituents is 1. The van der Waals surface area contributed by atoms with E-state index in [4.69, 9.17) is 0 Å². The number of rotatable bonds is 4. The van der Waals surface area contributed by atoms with Crippen LogP contribution in [0.2, 0.25) is 0 Å². The summed E-state index contributed by atoms with van der Waals surface area (Å²) in [7, 11) is -3.88. The summed E-state index contributed by atoms with van der Waals surface area (Å²) in [5, 5.41) is 11.0. The molecule has 1 saturated carbocycles. The van der Waals surface area contributed by atoms with Crippen LogP contribution in [0.15, 0.2) is 29.2 Å². The topological polar surface area (TPSA) is 89.3 Å². The van der Waals surface area contributed by atoms with Crippen molar-refractivity contribution < 1.29 is 13.3 Å². The molecule has 1 fully saturated rings. The zero-order valence-electron chi connectivity index (χ0n) is 12.2. The Hall–Kier alpha value is -1.47. The number of sulfonamides is 1. The van der Waals surface area contributed by atoms with Gasteiger partial charge in [0, 0.05) is 12.1 Å². The van der Waals surface area contributed by atoms with Crippen molar-refractivity contribution in [3.05, 3.63) is 34.4 Å². The average Bonchev–Trinajstić information content (AvgIpc) is 2.44. The molecule has 3 atom stereocenters. The van der Waals surface area contributed by atoms with E-state index in [1.807, 2.05) is 6.92 Å². The summed E-state index contributed by atoms with van der Waals surface area (Å²) in [5.41, 5.74) is -0.387. The van der Waals surface area contributed by atoms with E-state index in [2.05, 4.69) is 11.6 Å². The molecular weight excluding hydrogens is 292 g/mol. The molecule has 0 radical (unpaired) electrons. The second-order valence-corrected chi connectivity index (χ2v) is 7.40. The van der Waals surface area contributed by atoms with Crippen molar-refractivity contribution >= 4 is 15.7 Å².